The molecule has 0 bridgehead atoms. The molecule has 3 aromatic rings. The van der Waals surface area contributed by atoms with Gasteiger partial charge in [-0.15, -0.1) is 0 Å². The molecular weight excluding hydrogens is 522 g/mol. The molecule has 0 unspecified atom stereocenters. The van der Waals surface area contributed by atoms with Crippen molar-refractivity contribution in [3.8, 4) is 0 Å². The van der Waals surface area contributed by atoms with E-state index in [9.17, 15) is 18.0 Å². The van der Waals surface area contributed by atoms with Gasteiger partial charge in [-0.25, -0.2) is 8.42 Å². The van der Waals surface area contributed by atoms with Crippen molar-refractivity contribution in [2.24, 2.45) is 0 Å². The molecular formula is C32H39N3O4S. The van der Waals surface area contributed by atoms with Crippen LogP contribution < -0.4 is 9.62 Å². The highest BCUT2D eigenvalue weighted by atomic mass is 32.2. The van der Waals surface area contributed by atoms with Crippen LogP contribution in [-0.2, 0) is 26.2 Å². The lowest BCUT2D eigenvalue weighted by molar-refractivity contribution is -0.140. The van der Waals surface area contributed by atoms with Crippen LogP contribution >= 0.6 is 0 Å². The van der Waals surface area contributed by atoms with E-state index in [0.717, 1.165) is 42.4 Å². The number of amides is 2. The summed E-state index contributed by atoms with van der Waals surface area (Å²) in [5.74, 6) is -0.625. The van der Waals surface area contributed by atoms with Gasteiger partial charge in [-0.3, -0.25) is 13.9 Å². The molecule has 1 fully saturated rings. The number of nitrogens with zero attached hydrogens (tertiary/aromatic N) is 2. The lowest BCUT2D eigenvalue weighted by atomic mass is 10.1. The van der Waals surface area contributed by atoms with E-state index in [1.54, 1.807) is 35.2 Å². The zero-order chi connectivity index (χ0) is 28.7. The largest absolute Gasteiger partial charge is 0.352 e. The van der Waals surface area contributed by atoms with E-state index < -0.39 is 28.5 Å². The van der Waals surface area contributed by atoms with Gasteiger partial charge >= 0.3 is 0 Å². The first-order chi connectivity index (χ1) is 19.2. The monoisotopic (exact) mass is 561 g/mol. The van der Waals surface area contributed by atoms with Crippen LogP contribution in [0.5, 0.6) is 0 Å². The summed E-state index contributed by atoms with van der Waals surface area (Å²) in [6.45, 7) is 5.46. The number of sulfonamides is 1. The first-order valence-electron chi connectivity index (χ1n) is 14.0. The summed E-state index contributed by atoms with van der Waals surface area (Å²) >= 11 is 0. The predicted molar refractivity (Wildman–Crippen MR) is 158 cm³/mol. The molecule has 1 atom stereocenters. The summed E-state index contributed by atoms with van der Waals surface area (Å²) < 4.78 is 29.0. The molecule has 0 spiro atoms. The molecule has 1 aliphatic rings. The minimum absolute atomic E-state index is 0.0992. The topological polar surface area (TPSA) is 86.8 Å². The maximum Gasteiger partial charge on any atom is 0.264 e. The van der Waals surface area contributed by atoms with Gasteiger partial charge in [0.2, 0.25) is 11.8 Å². The van der Waals surface area contributed by atoms with Crippen molar-refractivity contribution >= 4 is 27.5 Å². The summed E-state index contributed by atoms with van der Waals surface area (Å²) in [7, 11) is -4.07. The molecule has 212 valence electrons. The van der Waals surface area contributed by atoms with E-state index in [4.69, 9.17) is 0 Å². The van der Waals surface area contributed by atoms with Gasteiger partial charge in [0.1, 0.15) is 12.6 Å². The van der Waals surface area contributed by atoms with E-state index in [1.807, 2.05) is 57.2 Å². The van der Waals surface area contributed by atoms with Crippen molar-refractivity contribution in [2.45, 2.75) is 76.4 Å². The van der Waals surface area contributed by atoms with Gasteiger partial charge in [0, 0.05) is 12.6 Å². The van der Waals surface area contributed by atoms with Crippen molar-refractivity contribution in [3.05, 3.63) is 95.6 Å². The molecule has 0 aliphatic heterocycles. The minimum Gasteiger partial charge on any atom is -0.352 e. The number of aryl methyl sites for hydroxylation is 2. The number of anilines is 1. The summed E-state index contributed by atoms with van der Waals surface area (Å²) in [5.41, 5.74) is 3.12. The molecule has 0 radical (unpaired) electrons. The smallest absolute Gasteiger partial charge is 0.264 e. The van der Waals surface area contributed by atoms with E-state index in [0.29, 0.717) is 12.1 Å². The number of carbonyl (C=O) groups is 2. The Hall–Kier alpha value is -3.65. The molecule has 1 aliphatic carbocycles. The molecule has 8 heteroatoms. The molecule has 40 heavy (non-hydrogen) atoms. The van der Waals surface area contributed by atoms with Crippen molar-refractivity contribution < 1.29 is 18.0 Å². The predicted octanol–water partition coefficient (Wildman–Crippen LogP) is 5.36. The van der Waals surface area contributed by atoms with Crippen LogP contribution in [0.4, 0.5) is 5.69 Å². The number of carbonyl (C=O) groups excluding carboxylic acids is 2. The van der Waals surface area contributed by atoms with Gasteiger partial charge < -0.3 is 10.2 Å². The number of hydrogen-bond acceptors (Lipinski definition) is 4. The van der Waals surface area contributed by atoms with Gasteiger partial charge in [-0.1, -0.05) is 86.0 Å². The normalized spacial score (nSPS) is 14.5. The Labute approximate surface area is 238 Å². The Morgan fingerprint density at radius 1 is 0.900 bits per heavy atom. The standard InChI is InChI=1S/C32H39N3O4S/c1-4-29(32(37)33-27-13-9-10-14-27)34(22-26-20-18-24(2)19-21-26)31(36)23-35(30-17-11-8-12-25(30)3)40(38,39)28-15-6-5-7-16-28/h5-8,11-12,15-21,27,29H,4,9-10,13-14,22-23H2,1-3H3,(H,33,37)/t29-/m0/s1. The number of para-hydroxylation sites is 1. The fourth-order valence-electron chi connectivity index (χ4n) is 5.25. The highest BCUT2D eigenvalue weighted by Gasteiger charge is 2.34. The highest BCUT2D eigenvalue weighted by molar-refractivity contribution is 7.92. The quantitative estimate of drug-likeness (QED) is 0.341. The zero-order valence-corrected chi connectivity index (χ0v) is 24.4. The average molecular weight is 562 g/mol. The third-order valence-corrected chi connectivity index (χ3v) is 9.33. The summed E-state index contributed by atoms with van der Waals surface area (Å²) in [6, 6.07) is 22.4. The van der Waals surface area contributed by atoms with Crippen LogP contribution in [0.1, 0.15) is 55.7 Å². The molecule has 0 heterocycles. The molecule has 0 aromatic heterocycles. The van der Waals surface area contributed by atoms with E-state index in [2.05, 4.69) is 5.32 Å². The molecule has 2 amide bonds. The number of hydrogen-bond donors (Lipinski definition) is 1. The van der Waals surface area contributed by atoms with Gasteiger partial charge in [0.05, 0.1) is 10.6 Å². The molecule has 1 N–H and O–H groups in total. The van der Waals surface area contributed by atoms with Crippen molar-refractivity contribution in [1.82, 2.24) is 10.2 Å². The Morgan fingerprint density at radius 3 is 2.15 bits per heavy atom. The van der Waals surface area contributed by atoms with Crippen molar-refractivity contribution in [1.29, 1.82) is 0 Å². The zero-order valence-electron chi connectivity index (χ0n) is 23.5. The first kappa shape index (κ1) is 29.3. The van der Waals surface area contributed by atoms with Crippen LogP contribution in [0.15, 0.2) is 83.8 Å². The van der Waals surface area contributed by atoms with Gasteiger partial charge in [0.15, 0.2) is 0 Å². The Balaban J connectivity index is 1.71. The van der Waals surface area contributed by atoms with E-state index in [-0.39, 0.29) is 23.4 Å². The summed E-state index contributed by atoms with van der Waals surface area (Å²) in [6.07, 6.45) is 4.44. The first-order valence-corrected chi connectivity index (χ1v) is 15.4. The van der Waals surface area contributed by atoms with Gasteiger partial charge in [0.25, 0.3) is 10.0 Å². The van der Waals surface area contributed by atoms with E-state index >= 15 is 0 Å². The second-order valence-corrected chi connectivity index (χ2v) is 12.4. The second-order valence-electron chi connectivity index (χ2n) is 10.5. The fraction of sp³-hybridized carbons (Fsp3) is 0.375. The van der Waals surface area contributed by atoms with Crippen LogP contribution in [0.2, 0.25) is 0 Å². The third-order valence-electron chi connectivity index (χ3n) is 7.56. The van der Waals surface area contributed by atoms with Crippen LogP contribution in [0, 0.1) is 13.8 Å². The van der Waals surface area contributed by atoms with Crippen LogP contribution in [0.25, 0.3) is 0 Å². The lowest BCUT2D eigenvalue weighted by Gasteiger charge is -2.34. The number of rotatable bonds is 11. The van der Waals surface area contributed by atoms with Crippen molar-refractivity contribution in [2.75, 3.05) is 10.8 Å². The molecule has 4 rings (SSSR count). The lowest BCUT2D eigenvalue weighted by Crippen LogP contribution is -2.53. The Bertz CT molecular complexity index is 1400. The third kappa shape index (κ3) is 6.91. The molecule has 3 aromatic carbocycles. The van der Waals surface area contributed by atoms with Gasteiger partial charge in [-0.05, 0) is 62.4 Å². The van der Waals surface area contributed by atoms with Crippen LogP contribution in [-0.4, -0.2) is 43.8 Å². The highest BCUT2D eigenvalue weighted by Crippen LogP contribution is 2.27. The summed E-state index contributed by atoms with van der Waals surface area (Å²) in [4.78, 5) is 29.3. The van der Waals surface area contributed by atoms with Crippen LogP contribution in [0.3, 0.4) is 0 Å². The number of nitrogens with one attached hydrogen (secondary N) is 1. The van der Waals surface area contributed by atoms with E-state index in [1.165, 1.54) is 16.4 Å². The maximum absolute atomic E-state index is 14.2. The summed E-state index contributed by atoms with van der Waals surface area (Å²) in [5, 5.41) is 3.15. The Kier molecular flexibility index (Phi) is 9.63. The van der Waals surface area contributed by atoms with Gasteiger partial charge in [-0.2, -0.15) is 0 Å². The molecule has 0 saturated heterocycles. The minimum atomic E-state index is -4.07. The molecule has 1 saturated carbocycles. The Morgan fingerprint density at radius 2 is 1.52 bits per heavy atom. The average Bonchev–Trinajstić information content (AvgIpc) is 3.46. The molecule has 7 nitrogen and oxygen atoms in total. The SMILES string of the molecule is CC[C@@H](C(=O)NC1CCCC1)N(Cc1ccc(C)cc1)C(=O)CN(c1ccccc1C)S(=O)(=O)c1ccccc1. The number of benzene rings is 3. The second kappa shape index (κ2) is 13.1. The maximum atomic E-state index is 14.2. The fourth-order valence-corrected chi connectivity index (χ4v) is 6.75. The van der Waals surface area contributed by atoms with Crippen molar-refractivity contribution in [3.63, 3.8) is 0 Å².